The minimum absolute atomic E-state index is 0.00766. The Morgan fingerprint density at radius 2 is 2.00 bits per heavy atom. The van der Waals surface area contributed by atoms with E-state index in [1.54, 1.807) is 0 Å². The summed E-state index contributed by atoms with van der Waals surface area (Å²) < 4.78 is 29.5. The Hall–Kier alpha value is -2.57. The van der Waals surface area contributed by atoms with Crippen LogP contribution >= 0.6 is 0 Å². The van der Waals surface area contributed by atoms with Gasteiger partial charge in [-0.25, -0.2) is 9.18 Å². The highest BCUT2D eigenvalue weighted by molar-refractivity contribution is 5.87. The van der Waals surface area contributed by atoms with E-state index in [1.807, 2.05) is 0 Å². The van der Waals surface area contributed by atoms with E-state index in [0.717, 1.165) is 0 Å². The molecule has 1 aromatic heterocycles. The molecule has 1 N–H and O–H groups in total. The van der Waals surface area contributed by atoms with Crippen molar-refractivity contribution in [1.82, 2.24) is 5.16 Å². The highest BCUT2D eigenvalue weighted by Gasteiger charge is 2.23. The number of ether oxygens (including phenoxy) is 2. The van der Waals surface area contributed by atoms with Gasteiger partial charge in [-0.1, -0.05) is 5.16 Å². The monoisotopic (exact) mass is 279 g/mol. The molecular weight excluding hydrogens is 269 g/mol. The fraction of sp³-hybridized carbons (Fsp3) is 0.231. The molecule has 1 aromatic carbocycles. The maximum atomic E-state index is 13.7. The van der Waals surface area contributed by atoms with E-state index in [2.05, 4.69) is 5.16 Å². The maximum Gasteiger partial charge on any atom is 0.358 e. The summed E-state index contributed by atoms with van der Waals surface area (Å²) in [6.45, 7) is 0.730. The molecule has 0 unspecified atom stereocenters. The van der Waals surface area contributed by atoms with Crippen molar-refractivity contribution >= 4 is 5.97 Å². The molecule has 0 amide bonds. The van der Waals surface area contributed by atoms with Crippen LogP contribution in [0.15, 0.2) is 22.7 Å². The number of carbonyl (C=O) groups is 1. The highest BCUT2D eigenvalue weighted by atomic mass is 19.1. The summed E-state index contributed by atoms with van der Waals surface area (Å²) >= 11 is 0. The van der Waals surface area contributed by atoms with Crippen molar-refractivity contribution in [3.8, 4) is 22.8 Å². The first kappa shape index (κ1) is 12.5. The van der Waals surface area contributed by atoms with Gasteiger partial charge in [-0.3, -0.25) is 0 Å². The van der Waals surface area contributed by atoms with Gasteiger partial charge in [0.05, 0.1) is 18.8 Å². The van der Waals surface area contributed by atoms with E-state index in [4.69, 9.17) is 19.1 Å². The molecule has 0 atom stereocenters. The van der Waals surface area contributed by atoms with Crippen LogP contribution in [0.1, 0.15) is 16.9 Å². The molecule has 1 aliphatic heterocycles. The van der Waals surface area contributed by atoms with Crippen molar-refractivity contribution in [2.45, 2.75) is 6.42 Å². The lowest BCUT2D eigenvalue weighted by Crippen LogP contribution is -1.98. The Balaban J connectivity index is 2.11. The maximum absolute atomic E-state index is 13.7. The number of aromatic carboxylic acids is 1. The van der Waals surface area contributed by atoms with Crippen molar-refractivity contribution in [3.63, 3.8) is 0 Å². The molecule has 104 valence electrons. The number of halogens is 1. The summed E-state index contributed by atoms with van der Waals surface area (Å²) in [7, 11) is 0. The first-order valence-electron chi connectivity index (χ1n) is 5.95. The Morgan fingerprint density at radius 1 is 1.25 bits per heavy atom. The Morgan fingerprint density at radius 3 is 2.70 bits per heavy atom. The molecule has 7 heteroatoms. The molecular formula is C13H10FNO5. The summed E-state index contributed by atoms with van der Waals surface area (Å²) in [6, 6.07) is 3.91. The smallest absolute Gasteiger partial charge is 0.358 e. The van der Waals surface area contributed by atoms with Crippen LogP contribution in [0, 0.1) is 5.82 Å². The third-order valence-corrected chi connectivity index (χ3v) is 2.84. The summed E-state index contributed by atoms with van der Waals surface area (Å²) in [6.07, 6.45) is 0.629. The third-order valence-electron chi connectivity index (χ3n) is 2.84. The fourth-order valence-corrected chi connectivity index (χ4v) is 1.92. The Kier molecular flexibility index (Phi) is 3.02. The minimum Gasteiger partial charge on any atom is -0.489 e. The molecule has 2 heterocycles. The van der Waals surface area contributed by atoms with Crippen LogP contribution in [0.3, 0.4) is 0 Å². The van der Waals surface area contributed by atoms with Crippen LogP contribution in [0.5, 0.6) is 11.5 Å². The average Bonchev–Trinajstić information content (AvgIpc) is 2.77. The number of nitrogens with zero attached hydrogens (tertiary/aromatic N) is 1. The summed E-state index contributed by atoms with van der Waals surface area (Å²) in [5, 5.41) is 12.3. The van der Waals surface area contributed by atoms with Gasteiger partial charge >= 0.3 is 5.97 Å². The summed E-state index contributed by atoms with van der Waals surface area (Å²) in [5.41, 5.74) is 0.177. The number of carboxylic acid groups (broad SMARTS) is 1. The lowest BCUT2D eigenvalue weighted by Gasteiger charge is -2.11. The average molecular weight is 279 g/mol. The van der Waals surface area contributed by atoms with Crippen LogP contribution in [0.25, 0.3) is 11.3 Å². The standard InChI is InChI=1S/C13H10FNO5/c14-8-3-2-7(10-6-9(13(16)17)15-20-10)11-12(8)19-5-1-4-18-11/h2-3,6H,1,4-5H2,(H,16,17). The molecule has 0 saturated carbocycles. The molecule has 0 radical (unpaired) electrons. The van der Waals surface area contributed by atoms with Crippen molar-refractivity contribution in [1.29, 1.82) is 0 Å². The SMILES string of the molecule is O=C(O)c1cc(-c2ccc(F)c3c2OCCCO3)on1. The lowest BCUT2D eigenvalue weighted by molar-refractivity contribution is 0.0686. The number of aromatic nitrogens is 1. The first-order chi connectivity index (χ1) is 9.66. The topological polar surface area (TPSA) is 81.8 Å². The van der Waals surface area contributed by atoms with Gasteiger partial charge in [0.15, 0.2) is 28.8 Å². The number of carboxylic acids is 1. The second-order valence-corrected chi connectivity index (χ2v) is 4.19. The van der Waals surface area contributed by atoms with Gasteiger partial charge in [0.25, 0.3) is 0 Å². The van der Waals surface area contributed by atoms with E-state index in [1.165, 1.54) is 18.2 Å². The summed E-state index contributed by atoms with van der Waals surface area (Å²) in [5.74, 6) is -1.35. The van der Waals surface area contributed by atoms with Gasteiger partial charge in [-0.05, 0) is 12.1 Å². The van der Waals surface area contributed by atoms with E-state index < -0.39 is 11.8 Å². The van der Waals surface area contributed by atoms with Crippen molar-refractivity contribution in [2.24, 2.45) is 0 Å². The molecule has 6 nitrogen and oxygen atoms in total. The van der Waals surface area contributed by atoms with Crippen molar-refractivity contribution in [2.75, 3.05) is 13.2 Å². The molecule has 20 heavy (non-hydrogen) atoms. The van der Waals surface area contributed by atoms with E-state index in [0.29, 0.717) is 25.2 Å². The van der Waals surface area contributed by atoms with Crippen LogP contribution in [0.4, 0.5) is 4.39 Å². The third kappa shape index (κ3) is 2.07. The van der Waals surface area contributed by atoms with Crippen LogP contribution in [-0.2, 0) is 0 Å². The lowest BCUT2D eigenvalue weighted by atomic mass is 10.1. The van der Waals surface area contributed by atoms with Gasteiger partial charge in [0.2, 0.25) is 0 Å². The van der Waals surface area contributed by atoms with E-state index in [9.17, 15) is 9.18 Å². The first-order valence-corrected chi connectivity index (χ1v) is 5.95. The predicted molar refractivity (Wildman–Crippen MR) is 64.5 cm³/mol. The molecule has 0 bridgehead atoms. The van der Waals surface area contributed by atoms with Gasteiger partial charge in [0, 0.05) is 12.5 Å². The Labute approximate surface area is 112 Å². The number of benzene rings is 1. The predicted octanol–water partition coefficient (Wildman–Crippen LogP) is 2.34. The zero-order chi connectivity index (χ0) is 14.1. The van der Waals surface area contributed by atoms with E-state index >= 15 is 0 Å². The van der Waals surface area contributed by atoms with Crippen LogP contribution in [-0.4, -0.2) is 29.4 Å². The summed E-state index contributed by atoms with van der Waals surface area (Å²) in [4.78, 5) is 10.8. The number of hydrogen-bond acceptors (Lipinski definition) is 5. The van der Waals surface area contributed by atoms with Gasteiger partial charge in [-0.2, -0.15) is 0 Å². The molecule has 0 spiro atoms. The van der Waals surface area contributed by atoms with Crippen LogP contribution in [0.2, 0.25) is 0 Å². The fourth-order valence-electron chi connectivity index (χ4n) is 1.92. The van der Waals surface area contributed by atoms with Crippen LogP contribution < -0.4 is 9.47 Å². The zero-order valence-corrected chi connectivity index (χ0v) is 10.3. The van der Waals surface area contributed by atoms with Gasteiger partial charge in [0.1, 0.15) is 0 Å². The quantitative estimate of drug-likeness (QED) is 0.908. The normalized spacial score (nSPS) is 13.8. The highest BCUT2D eigenvalue weighted by Crippen LogP contribution is 2.41. The van der Waals surface area contributed by atoms with Crippen molar-refractivity contribution < 1.29 is 28.3 Å². The van der Waals surface area contributed by atoms with Gasteiger partial charge in [-0.15, -0.1) is 0 Å². The largest absolute Gasteiger partial charge is 0.489 e. The number of rotatable bonds is 2. The number of fused-ring (bicyclic) bond motifs is 1. The second-order valence-electron chi connectivity index (χ2n) is 4.19. The zero-order valence-electron chi connectivity index (χ0n) is 10.3. The van der Waals surface area contributed by atoms with Gasteiger partial charge < -0.3 is 19.1 Å². The van der Waals surface area contributed by atoms with E-state index in [-0.39, 0.29) is 23.0 Å². The van der Waals surface area contributed by atoms with Crippen molar-refractivity contribution in [3.05, 3.63) is 29.7 Å². The number of hydrogen-bond donors (Lipinski definition) is 1. The minimum atomic E-state index is -1.20. The molecule has 3 rings (SSSR count). The molecule has 0 saturated heterocycles. The molecule has 0 aliphatic carbocycles. The molecule has 2 aromatic rings. The molecule has 1 aliphatic rings. The molecule has 0 fully saturated rings. The Bertz CT molecular complexity index is 667. The second kappa shape index (κ2) is 4.84.